The van der Waals surface area contributed by atoms with Crippen molar-refractivity contribution in [1.29, 1.82) is 0 Å². The van der Waals surface area contributed by atoms with Crippen molar-refractivity contribution in [3.63, 3.8) is 0 Å². The fourth-order valence-electron chi connectivity index (χ4n) is 2.22. The number of ether oxygens (including phenoxy) is 1. The summed E-state index contributed by atoms with van der Waals surface area (Å²) in [6.45, 7) is 6.29. The van der Waals surface area contributed by atoms with Crippen molar-refractivity contribution in [3.05, 3.63) is 56.7 Å². The van der Waals surface area contributed by atoms with E-state index in [-0.39, 0.29) is 5.91 Å². The summed E-state index contributed by atoms with van der Waals surface area (Å²) in [5.74, 6) is -0.0684. The van der Waals surface area contributed by atoms with Crippen molar-refractivity contribution in [3.8, 4) is 0 Å². The van der Waals surface area contributed by atoms with Crippen LogP contribution in [0.3, 0.4) is 0 Å². The van der Waals surface area contributed by atoms with Crippen molar-refractivity contribution in [2.45, 2.75) is 39.5 Å². The number of alkyl carbamates (subject to hydrolysis) is 1. The lowest BCUT2D eigenvalue weighted by Crippen LogP contribution is -2.32. The molecule has 140 valence electrons. The van der Waals surface area contributed by atoms with E-state index in [9.17, 15) is 9.59 Å². The van der Waals surface area contributed by atoms with Gasteiger partial charge in [0.05, 0.1) is 10.9 Å². The number of nitrogens with zero attached hydrogens (tertiary/aromatic N) is 1. The first kappa shape index (κ1) is 20.3. The number of carbonyl (C=O) groups excluding carboxylic acids is 2. The molecule has 0 fully saturated rings. The maximum atomic E-state index is 12.5. The van der Waals surface area contributed by atoms with Crippen LogP contribution in [-0.4, -0.2) is 29.5 Å². The third-order valence-electron chi connectivity index (χ3n) is 3.41. The van der Waals surface area contributed by atoms with Crippen molar-refractivity contribution < 1.29 is 14.3 Å². The van der Waals surface area contributed by atoms with Gasteiger partial charge in [0.2, 0.25) is 0 Å². The molecule has 1 heterocycles. The van der Waals surface area contributed by atoms with Gasteiger partial charge in [-0.25, -0.2) is 4.79 Å². The van der Waals surface area contributed by atoms with E-state index in [1.54, 1.807) is 24.1 Å². The van der Waals surface area contributed by atoms with E-state index in [1.165, 1.54) is 11.3 Å². The van der Waals surface area contributed by atoms with Gasteiger partial charge in [-0.15, -0.1) is 11.3 Å². The molecule has 2 rings (SSSR count). The Morgan fingerprint density at radius 2 is 1.81 bits per heavy atom. The molecule has 7 heteroatoms. The summed E-state index contributed by atoms with van der Waals surface area (Å²) >= 11 is 7.38. The molecule has 1 aromatic heterocycles. The van der Waals surface area contributed by atoms with E-state index >= 15 is 0 Å². The fourth-order valence-corrected chi connectivity index (χ4v) is 3.36. The second kappa shape index (κ2) is 8.56. The summed E-state index contributed by atoms with van der Waals surface area (Å²) in [5.41, 5.74) is 0.953. The van der Waals surface area contributed by atoms with Gasteiger partial charge in [-0.2, -0.15) is 0 Å². The Labute approximate surface area is 162 Å². The van der Waals surface area contributed by atoms with Gasteiger partial charge in [0, 0.05) is 24.0 Å². The van der Waals surface area contributed by atoms with E-state index in [0.29, 0.717) is 23.0 Å². The van der Waals surface area contributed by atoms with Crippen LogP contribution in [0.2, 0.25) is 4.34 Å². The molecule has 26 heavy (non-hydrogen) atoms. The monoisotopic (exact) mass is 394 g/mol. The molecule has 0 saturated heterocycles. The molecule has 0 atom stereocenters. The standard InChI is InChI=1S/C19H23ClN2O3S/c1-19(2,3)25-18(24)21-11-13-5-7-14(8-6-13)17(23)22(4)12-15-9-10-16(20)26-15/h5-10H,11-12H2,1-4H3,(H,21,24). The number of halogens is 1. The molecule has 2 amide bonds. The molecule has 0 aliphatic rings. The van der Waals surface area contributed by atoms with Crippen LogP contribution in [0, 0.1) is 0 Å². The van der Waals surface area contributed by atoms with Crippen LogP contribution >= 0.6 is 22.9 Å². The second-order valence-electron chi connectivity index (χ2n) is 6.92. The zero-order chi connectivity index (χ0) is 19.3. The Balaban J connectivity index is 1.89. The summed E-state index contributed by atoms with van der Waals surface area (Å²) in [4.78, 5) is 26.8. The topological polar surface area (TPSA) is 58.6 Å². The van der Waals surface area contributed by atoms with E-state index in [1.807, 2.05) is 45.0 Å². The highest BCUT2D eigenvalue weighted by atomic mass is 35.5. The highest BCUT2D eigenvalue weighted by molar-refractivity contribution is 7.16. The van der Waals surface area contributed by atoms with E-state index in [0.717, 1.165) is 10.4 Å². The maximum Gasteiger partial charge on any atom is 0.407 e. The largest absolute Gasteiger partial charge is 0.444 e. The molecule has 1 N–H and O–H groups in total. The fraction of sp³-hybridized carbons (Fsp3) is 0.368. The molecular weight excluding hydrogens is 372 g/mol. The predicted molar refractivity (Wildman–Crippen MR) is 105 cm³/mol. The minimum atomic E-state index is -0.530. The Kier molecular flexibility index (Phi) is 6.67. The summed E-state index contributed by atoms with van der Waals surface area (Å²) in [6.07, 6.45) is -0.466. The first-order chi connectivity index (χ1) is 12.1. The van der Waals surface area contributed by atoms with Crippen molar-refractivity contribution >= 4 is 34.9 Å². The second-order valence-corrected chi connectivity index (χ2v) is 8.72. The van der Waals surface area contributed by atoms with Crippen LogP contribution in [0.25, 0.3) is 0 Å². The molecule has 0 radical (unpaired) electrons. The van der Waals surface area contributed by atoms with E-state index in [4.69, 9.17) is 16.3 Å². The van der Waals surface area contributed by atoms with Crippen LogP contribution in [0.1, 0.15) is 41.6 Å². The Hall–Kier alpha value is -2.05. The highest BCUT2D eigenvalue weighted by Crippen LogP contribution is 2.22. The number of carbonyl (C=O) groups is 2. The quantitative estimate of drug-likeness (QED) is 0.799. The molecule has 2 aromatic rings. The third-order valence-corrected chi connectivity index (χ3v) is 4.62. The Morgan fingerprint density at radius 1 is 1.15 bits per heavy atom. The molecule has 5 nitrogen and oxygen atoms in total. The maximum absolute atomic E-state index is 12.5. The van der Waals surface area contributed by atoms with Gasteiger partial charge in [0.15, 0.2) is 0 Å². The van der Waals surface area contributed by atoms with Gasteiger partial charge in [-0.3, -0.25) is 4.79 Å². The molecule has 0 spiro atoms. The van der Waals surface area contributed by atoms with Crippen molar-refractivity contribution in [2.75, 3.05) is 7.05 Å². The minimum absolute atomic E-state index is 0.0684. The lowest BCUT2D eigenvalue weighted by Gasteiger charge is -2.19. The number of amides is 2. The van der Waals surface area contributed by atoms with Crippen LogP contribution < -0.4 is 5.32 Å². The van der Waals surface area contributed by atoms with Crippen molar-refractivity contribution in [1.82, 2.24) is 10.2 Å². The van der Waals surface area contributed by atoms with Gasteiger partial charge in [-0.05, 0) is 50.6 Å². The molecule has 0 saturated carbocycles. The SMILES string of the molecule is CN(Cc1ccc(Cl)s1)C(=O)c1ccc(CNC(=O)OC(C)(C)C)cc1. The number of benzene rings is 1. The summed E-state index contributed by atoms with van der Waals surface area (Å²) in [7, 11) is 1.76. The normalized spacial score (nSPS) is 11.1. The first-order valence-corrected chi connectivity index (χ1v) is 9.39. The third kappa shape index (κ3) is 6.35. The van der Waals surface area contributed by atoms with Gasteiger partial charge >= 0.3 is 6.09 Å². The van der Waals surface area contributed by atoms with E-state index < -0.39 is 11.7 Å². The van der Waals surface area contributed by atoms with Crippen LogP contribution in [0.5, 0.6) is 0 Å². The smallest absolute Gasteiger partial charge is 0.407 e. The first-order valence-electron chi connectivity index (χ1n) is 8.19. The van der Waals surface area contributed by atoms with Crippen LogP contribution in [0.4, 0.5) is 4.79 Å². The predicted octanol–water partition coefficient (Wildman–Crippen LogP) is 4.70. The molecule has 0 aliphatic carbocycles. The molecule has 0 aliphatic heterocycles. The number of hydrogen-bond donors (Lipinski definition) is 1. The van der Waals surface area contributed by atoms with Gasteiger partial charge in [-0.1, -0.05) is 23.7 Å². The van der Waals surface area contributed by atoms with Gasteiger partial charge in [0.25, 0.3) is 5.91 Å². The number of hydrogen-bond acceptors (Lipinski definition) is 4. The average Bonchev–Trinajstić information content (AvgIpc) is 2.96. The molecule has 0 unspecified atom stereocenters. The van der Waals surface area contributed by atoms with Crippen molar-refractivity contribution in [2.24, 2.45) is 0 Å². The molecule has 1 aromatic carbocycles. The number of rotatable bonds is 5. The zero-order valence-corrected chi connectivity index (χ0v) is 16.9. The Morgan fingerprint density at radius 3 is 2.35 bits per heavy atom. The molecule has 0 bridgehead atoms. The van der Waals surface area contributed by atoms with Gasteiger partial charge < -0.3 is 15.0 Å². The zero-order valence-electron chi connectivity index (χ0n) is 15.3. The van der Waals surface area contributed by atoms with Gasteiger partial charge in [0.1, 0.15) is 5.60 Å². The summed E-state index contributed by atoms with van der Waals surface area (Å²) < 4.78 is 5.90. The minimum Gasteiger partial charge on any atom is -0.444 e. The molecular formula is C19H23ClN2O3S. The lowest BCUT2D eigenvalue weighted by atomic mass is 10.1. The Bertz CT molecular complexity index is 766. The summed E-state index contributed by atoms with van der Waals surface area (Å²) in [5, 5.41) is 2.69. The number of nitrogens with one attached hydrogen (secondary N) is 1. The number of thiophene rings is 1. The van der Waals surface area contributed by atoms with E-state index in [2.05, 4.69) is 5.32 Å². The highest BCUT2D eigenvalue weighted by Gasteiger charge is 2.16. The summed E-state index contributed by atoms with van der Waals surface area (Å²) in [6, 6.07) is 10.9. The van der Waals surface area contributed by atoms with Crippen LogP contribution in [0.15, 0.2) is 36.4 Å². The van der Waals surface area contributed by atoms with Crippen LogP contribution in [-0.2, 0) is 17.8 Å². The average molecular weight is 395 g/mol. The lowest BCUT2D eigenvalue weighted by molar-refractivity contribution is 0.0523.